The van der Waals surface area contributed by atoms with Gasteiger partial charge in [0.2, 0.25) is 0 Å². The zero-order valence-electron chi connectivity index (χ0n) is 9.32. The molecule has 88 valence electrons. The second kappa shape index (κ2) is 4.82. The highest BCUT2D eigenvalue weighted by Gasteiger charge is 2.17. The van der Waals surface area contributed by atoms with E-state index in [4.69, 9.17) is 17.3 Å². The van der Waals surface area contributed by atoms with Crippen LogP contribution in [0.1, 0.15) is 22.7 Å². The summed E-state index contributed by atoms with van der Waals surface area (Å²) in [4.78, 5) is 4.04. The molecule has 2 aromatic rings. The highest BCUT2D eigenvalue weighted by molar-refractivity contribution is 6.31. The van der Waals surface area contributed by atoms with E-state index in [0.29, 0.717) is 10.6 Å². The predicted molar refractivity (Wildman–Crippen MR) is 66.4 cm³/mol. The van der Waals surface area contributed by atoms with Crippen LogP contribution in [-0.4, -0.2) is 4.98 Å². The van der Waals surface area contributed by atoms with E-state index >= 15 is 0 Å². The van der Waals surface area contributed by atoms with Crippen LogP contribution in [0.5, 0.6) is 0 Å². The standard InChI is InChI=1S/C13H12ClFN2/c1-8-5-9(7-17-6-8)13(16)12-10(14)3-2-4-11(12)15/h2-7,13H,16H2,1H3. The lowest BCUT2D eigenvalue weighted by Gasteiger charge is -2.15. The van der Waals surface area contributed by atoms with E-state index in [2.05, 4.69) is 4.98 Å². The Hall–Kier alpha value is -1.45. The summed E-state index contributed by atoms with van der Waals surface area (Å²) < 4.78 is 13.7. The molecular weight excluding hydrogens is 239 g/mol. The Balaban J connectivity index is 2.47. The van der Waals surface area contributed by atoms with Crippen molar-refractivity contribution in [1.29, 1.82) is 0 Å². The van der Waals surface area contributed by atoms with Crippen molar-refractivity contribution in [1.82, 2.24) is 4.98 Å². The number of pyridine rings is 1. The van der Waals surface area contributed by atoms with Crippen LogP contribution < -0.4 is 5.73 Å². The SMILES string of the molecule is Cc1cncc(C(N)c2c(F)cccc2Cl)c1. The molecule has 1 aromatic heterocycles. The van der Waals surface area contributed by atoms with Crippen molar-refractivity contribution in [2.24, 2.45) is 5.73 Å². The summed E-state index contributed by atoms with van der Waals surface area (Å²) in [5, 5.41) is 0.332. The number of hydrogen-bond acceptors (Lipinski definition) is 2. The molecule has 0 amide bonds. The average Bonchev–Trinajstić information content (AvgIpc) is 2.28. The molecule has 0 fully saturated rings. The molecule has 0 bridgehead atoms. The highest BCUT2D eigenvalue weighted by Crippen LogP contribution is 2.28. The van der Waals surface area contributed by atoms with E-state index in [1.54, 1.807) is 24.5 Å². The van der Waals surface area contributed by atoms with Gasteiger partial charge < -0.3 is 5.73 Å². The first-order valence-electron chi connectivity index (χ1n) is 5.20. The summed E-state index contributed by atoms with van der Waals surface area (Å²) in [5.41, 5.74) is 8.05. The predicted octanol–water partition coefficient (Wildman–Crippen LogP) is 3.23. The van der Waals surface area contributed by atoms with Crippen molar-refractivity contribution >= 4 is 11.6 Å². The van der Waals surface area contributed by atoms with Crippen molar-refractivity contribution in [3.8, 4) is 0 Å². The van der Waals surface area contributed by atoms with Crippen LogP contribution in [0.2, 0.25) is 5.02 Å². The van der Waals surface area contributed by atoms with E-state index in [1.165, 1.54) is 6.07 Å². The molecule has 0 saturated carbocycles. The van der Waals surface area contributed by atoms with Gasteiger partial charge in [-0.25, -0.2) is 4.39 Å². The quantitative estimate of drug-likeness (QED) is 0.889. The fourth-order valence-electron chi connectivity index (χ4n) is 1.72. The van der Waals surface area contributed by atoms with Gasteiger partial charge in [-0.15, -0.1) is 0 Å². The number of benzene rings is 1. The molecule has 17 heavy (non-hydrogen) atoms. The minimum Gasteiger partial charge on any atom is -0.320 e. The second-order valence-corrected chi connectivity index (χ2v) is 4.32. The highest BCUT2D eigenvalue weighted by atomic mass is 35.5. The van der Waals surface area contributed by atoms with Crippen LogP contribution >= 0.6 is 11.6 Å². The minimum absolute atomic E-state index is 0.307. The van der Waals surface area contributed by atoms with Crippen molar-refractivity contribution in [2.75, 3.05) is 0 Å². The lowest BCUT2D eigenvalue weighted by molar-refractivity contribution is 0.599. The van der Waals surface area contributed by atoms with E-state index < -0.39 is 11.9 Å². The first kappa shape index (κ1) is 12.0. The summed E-state index contributed by atoms with van der Waals surface area (Å²) in [5.74, 6) is -0.397. The molecular formula is C13H12ClFN2. The molecule has 1 heterocycles. The Labute approximate surface area is 104 Å². The largest absolute Gasteiger partial charge is 0.320 e. The molecule has 2 rings (SSSR count). The fourth-order valence-corrected chi connectivity index (χ4v) is 2.00. The van der Waals surface area contributed by atoms with Gasteiger partial charge in [0, 0.05) is 23.0 Å². The van der Waals surface area contributed by atoms with Gasteiger partial charge in [-0.05, 0) is 30.2 Å². The summed E-state index contributed by atoms with van der Waals surface area (Å²) in [6.45, 7) is 1.91. The topological polar surface area (TPSA) is 38.9 Å². The summed E-state index contributed by atoms with van der Waals surface area (Å²) in [7, 11) is 0. The average molecular weight is 251 g/mol. The maximum Gasteiger partial charge on any atom is 0.129 e. The van der Waals surface area contributed by atoms with E-state index in [9.17, 15) is 4.39 Å². The molecule has 0 aliphatic heterocycles. The molecule has 4 heteroatoms. The molecule has 0 spiro atoms. The van der Waals surface area contributed by atoms with E-state index in [1.807, 2.05) is 13.0 Å². The third kappa shape index (κ3) is 2.46. The summed E-state index contributed by atoms with van der Waals surface area (Å²) in [6, 6.07) is 5.81. The number of nitrogens with zero attached hydrogens (tertiary/aromatic N) is 1. The molecule has 0 aliphatic rings. The van der Waals surface area contributed by atoms with Gasteiger partial charge in [-0.2, -0.15) is 0 Å². The van der Waals surface area contributed by atoms with Gasteiger partial charge in [0.25, 0.3) is 0 Å². The molecule has 0 radical (unpaired) electrons. The Morgan fingerprint density at radius 1 is 1.35 bits per heavy atom. The molecule has 2 N–H and O–H groups in total. The van der Waals surface area contributed by atoms with Crippen molar-refractivity contribution in [3.63, 3.8) is 0 Å². The van der Waals surface area contributed by atoms with Gasteiger partial charge in [0.1, 0.15) is 5.82 Å². The van der Waals surface area contributed by atoms with Crippen LogP contribution in [0.3, 0.4) is 0 Å². The monoisotopic (exact) mass is 250 g/mol. The maximum absolute atomic E-state index is 13.7. The van der Waals surface area contributed by atoms with Crippen LogP contribution in [0.4, 0.5) is 4.39 Å². The number of nitrogens with two attached hydrogens (primary N) is 1. The normalized spacial score (nSPS) is 12.5. The Bertz CT molecular complexity index is 522. The summed E-state index contributed by atoms with van der Waals surface area (Å²) in [6.07, 6.45) is 3.35. The third-order valence-corrected chi connectivity index (χ3v) is 2.90. The fraction of sp³-hybridized carbons (Fsp3) is 0.154. The number of aryl methyl sites for hydroxylation is 1. The van der Waals surface area contributed by atoms with E-state index in [-0.39, 0.29) is 0 Å². The van der Waals surface area contributed by atoms with Crippen LogP contribution in [-0.2, 0) is 0 Å². The van der Waals surface area contributed by atoms with Crippen molar-refractivity contribution in [3.05, 3.63) is 64.2 Å². The van der Waals surface area contributed by atoms with Gasteiger partial charge in [-0.3, -0.25) is 4.98 Å². The Morgan fingerprint density at radius 2 is 2.12 bits per heavy atom. The second-order valence-electron chi connectivity index (χ2n) is 3.91. The lowest BCUT2D eigenvalue weighted by atomic mass is 9.99. The third-order valence-electron chi connectivity index (χ3n) is 2.57. The number of hydrogen-bond donors (Lipinski definition) is 1. The first-order chi connectivity index (χ1) is 8.09. The van der Waals surface area contributed by atoms with Gasteiger partial charge in [0.05, 0.1) is 6.04 Å². The molecule has 1 atom stereocenters. The van der Waals surface area contributed by atoms with Gasteiger partial charge in [0.15, 0.2) is 0 Å². The first-order valence-corrected chi connectivity index (χ1v) is 5.58. The van der Waals surface area contributed by atoms with Gasteiger partial charge in [-0.1, -0.05) is 23.7 Å². The van der Waals surface area contributed by atoms with Crippen molar-refractivity contribution in [2.45, 2.75) is 13.0 Å². The molecule has 1 aromatic carbocycles. The summed E-state index contributed by atoms with van der Waals surface area (Å²) >= 11 is 5.97. The van der Waals surface area contributed by atoms with Gasteiger partial charge >= 0.3 is 0 Å². The number of halogens is 2. The maximum atomic E-state index is 13.7. The van der Waals surface area contributed by atoms with Crippen LogP contribution in [0.25, 0.3) is 0 Å². The number of aromatic nitrogens is 1. The van der Waals surface area contributed by atoms with Crippen LogP contribution in [0.15, 0.2) is 36.7 Å². The zero-order chi connectivity index (χ0) is 12.4. The Morgan fingerprint density at radius 3 is 2.76 bits per heavy atom. The Kier molecular flexibility index (Phi) is 3.41. The van der Waals surface area contributed by atoms with Crippen LogP contribution in [0, 0.1) is 12.7 Å². The van der Waals surface area contributed by atoms with E-state index in [0.717, 1.165) is 11.1 Å². The lowest BCUT2D eigenvalue weighted by Crippen LogP contribution is -2.14. The zero-order valence-corrected chi connectivity index (χ0v) is 10.1. The molecule has 0 aliphatic carbocycles. The smallest absolute Gasteiger partial charge is 0.129 e. The number of rotatable bonds is 2. The molecule has 0 saturated heterocycles. The van der Waals surface area contributed by atoms with Crippen molar-refractivity contribution < 1.29 is 4.39 Å². The molecule has 2 nitrogen and oxygen atoms in total. The minimum atomic E-state index is -0.601. The molecule has 1 unspecified atom stereocenters.